The van der Waals surface area contributed by atoms with Gasteiger partial charge in [-0.05, 0) is 57.9 Å². The highest BCUT2D eigenvalue weighted by molar-refractivity contribution is 6.55. The van der Waals surface area contributed by atoms with Gasteiger partial charge in [0.2, 0.25) is 0 Å². The largest absolute Gasteiger partial charge is 0.494 e. The maximum atomic E-state index is 13.9. The second kappa shape index (κ2) is 6.63. The lowest BCUT2D eigenvalue weighted by molar-refractivity contribution is 0.00578. The molecule has 0 bridgehead atoms. The zero-order valence-electron chi connectivity index (χ0n) is 14.7. The number of ether oxygens (including phenoxy) is 1. The lowest BCUT2D eigenvalue weighted by atomic mass is 9.77. The van der Waals surface area contributed by atoms with Gasteiger partial charge in [-0.3, -0.25) is 0 Å². The van der Waals surface area contributed by atoms with Gasteiger partial charge in [-0.15, -0.1) is 0 Å². The van der Waals surface area contributed by atoms with Gasteiger partial charge in [-0.2, -0.15) is 0 Å². The van der Waals surface area contributed by atoms with Crippen LogP contribution >= 0.6 is 0 Å². The molecule has 126 valence electrons. The molecule has 0 unspecified atom stereocenters. The van der Waals surface area contributed by atoms with Gasteiger partial charge in [0, 0.05) is 6.54 Å². The van der Waals surface area contributed by atoms with Crippen LogP contribution in [0.3, 0.4) is 0 Å². The van der Waals surface area contributed by atoms with Crippen molar-refractivity contribution in [2.24, 2.45) is 0 Å². The van der Waals surface area contributed by atoms with Crippen molar-refractivity contribution in [1.29, 1.82) is 0 Å². The summed E-state index contributed by atoms with van der Waals surface area (Å²) in [5.74, 6) is -0.160. The monoisotopic (exact) mass is 321 g/mol. The van der Waals surface area contributed by atoms with Crippen molar-refractivity contribution in [1.82, 2.24) is 5.32 Å². The Bertz CT molecular complexity index is 586. The van der Waals surface area contributed by atoms with E-state index in [1.54, 1.807) is 6.07 Å². The summed E-state index contributed by atoms with van der Waals surface area (Å²) in [6.07, 6.45) is 1.89. The highest BCUT2D eigenvalue weighted by Crippen LogP contribution is 2.38. The highest BCUT2D eigenvalue weighted by atomic mass is 19.1. The molecule has 1 saturated heterocycles. The Labute approximate surface area is 138 Å². The second-order valence-corrected chi connectivity index (χ2v) is 6.73. The Balaban J connectivity index is 2.30. The smallest absolute Gasteiger partial charge is 0.491 e. The quantitative estimate of drug-likeness (QED) is 0.846. The lowest BCUT2D eigenvalue weighted by Crippen LogP contribution is -2.41. The van der Waals surface area contributed by atoms with E-state index >= 15 is 0 Å². The maximum Gasteiger partial charge on any atom is 0.491 e. The molecule has 1 heterocycles. The number of halogens is 1. The molecule has 23 heavy (non-hydrogen) atoms. The van der Waals surface area contributed by atoms with Gasteiger partial charge in [0.15, 0.2) is 11.6 Å². The fourth-order valence-corrected chi connectivity index (χ4v) is 2.39. The van der Waals surface area contributed by atoms with Crippen molar-refractivity contribution in [2.75, 3.05) is 20.7 Å². The molecule has 0 aliphatic carbocycles. The standard InChI is InChI=1S/C17H25BFNO3/c1-16(2)17(3,4)23-18(22-16)13(11-20-5)9-12-7-8-15(21-6)14(19)10-12/h7-10,20H,11H2,1-6H3. The molecule has 0 radical (unpaired) electrons. The fourth-order valence-electron chi connectivity index (χ4n) is 2.39. The molecule has 4 nitrogen and oxygen atoms in total. The minimum atomic E-state index is -0.461. The molecule has 1 aromatic rings. The predicted octanol–water partition coefficient (Wildman–Crippen LogP) is 3.07. The van der Waals surface area contributed by atoms with Crippen molar-refractivity contribution >= 4 is 13.2 Å². The van der Waals surface area contributed by atoms with E-state index in [0.717, 1.165) is 11.0 Å². The molecule has 0 atom stereocenters. The van der Waals surface area contributed by atoms with Gasteiger partial charge in [0.1, 0.15) is 0 Å². The summed E-state index contributed by atoms with van der Waals surface area (Å²) in [6, 6.07) is 4.87. The molecular weight excluding hydrogens is 296 g/mol. The zero-order chi connectivity index (χ0) is 17.3. The van der Waals surface area contributed by atoms with E-state index < -0.39 is 18.3 Å². The Kier molecular flexibility index (Phi) is 5.18. The van der Waals surface area contributed by atoms with Crippen molar-refractivity contribution in [3.8, 4) is 5.75 Å². The first-order chi connectivity index (χ1) is 10.7. The van der Waals surface area contributed by atoms with Crippen molar-refractivity contribution < 1.29 is 18.4 Å². The summed E-state index contributed by atoms with van der Waals surface area (Å²) in [4.78, 5) is 0. The van der Waals surface area contributed by atoms with Crippen LogP contribution in [0.25, 0.3) is 6.08 Å². The number of hydrogen-bond acceptors (Lipinski definition) is 4. The minimum Gasteiger partial charge on any atom is -0.494 e. The Hall–Kier alpha value is -1.37. The molecular formula is C17H25BFNO3. The van der Waals surface area contributed by atoms with E-state index in [0.29, 0.717) is 6.54 Å². The molecule has 1 aliphatic rings. The molecule has 0 amide bonds. The summed E-state index contributed by atoms with van der Waals surface area (Å²) in [7, 11) is 2.84. The average Bonchev–Trinajstić information content (AvgIpc) is 2.67. The second-order valence-electron chi connectivity index (χ2n) is 6.73. The Morgan fingerprint density at radius 3 is 2.35 bits per heavy atom. The van der Waals surface area contributed by atoms with Gasteiger partial charge >= 0.3 is 7.12 Å². The number of likely N-dealkylation sites (N-methyl/N-ethyl adjacent to an activating group) is 1. The Morgan fingerprint density at radius 1 is 1.26 bits per heavy atom. The number of rotatable bonds is 5. The molecule has 1 aliphatic heterocycles. The van der Waals surface area contributed by atoms with E-state index in [4.69, 9.17) is 14.0 Å². The number of benzene rings is 1. The van der Waals surface area contributed by atoms with Gasteiger partial charge in [-0.1, -0.05) is 12.1 Å². The Morgan fingerprint density at radius 2 is 1.87 bits per heavy atom. The molecule has 0 saturated carbocycles. The van der Waals surface area contributed by atoms with Crippen LogP contribution in [0.5, 0.6) is 5.75 Å². The first-order valence-electron chi connectivity index (χ1n) is 7.74. The van der Waals surface area contributed by atoms with E-state index in [9.17, 15) is 4.39 Å². The van der Waals surface area contributed by atoms with E-state index in [-0.39, 0.29) is 11.6 Å². The number of nitrogens with one attached hydrogen (secondary N) is 1. The van der Waals surface area contributed by atoms with Crippen LogP contribution < -0.4 is 10.1 Å². The van der Waals surface area contributed by atoms with Crippen LogP contribution in [0.4, 0.5) is 4.39 Å². The first kappa shape index (κ1) is 18.0. The van der Waals surface area contributed by atoms with Crippen LogP contribution in [0.1, 0.15) is 33.3 Å². The maximum absolute atomic E-state index is 13.9. The third kappa shape index (κ3) is 3.76. The summed E-state index contributed by atoms with van der Waals surface area (Å²) in [5, 5.41) is 3.11. The minimum absolute atomic E-state index is 0.230. The molecule has 0 aromatic heterocycles. The first-order valence-corrected chi connectivity index (χ1v) is 7.74. The van der Waals surface area contributed by atoms with Gasteiger partial charge in [-0.25, -0.2) is 4.39 Å². The third-order valence-electron chi connectivity index (χ3n) is 4.46. The zero-order valence-corrected chi connectivity index (χ0v) is 14.7. The van der Waals surface area contributed by atoms with Gasteiger partial charge in [0.05, 0.1) is 18.3 Å². The highest BCUT2D eigenvalue weighted by Gasteiger charge is 2.52. The topological polar surface area (TPSA) is 39.7 Å². The number of hydrogen-bond donors (Lipinski definition) is 1. The average molecular weight is 321 g/mol. The summed E-state index contributed by atoms with van der Waals surface area (Å²) in [6.45, 7) is 8.63. The summed E-state index contributed by atoms with van der Waals surface area (Å²) < 4.78 is 31.0. The summed E-state index contributed by atoms with van der Waals surface area (Å²) >= 11 is 0. The predicted molar refractivity (Wildman–Crippen MR) is 90.9 cm³/mol. The third-order valence-corrected chi connectivity index (χ3v) is 4.46. The van der Waals surface area contributed by atoms with E-state index in [1.165, 1.54) is 13.2 Å². The SMILES string of the molecule is CNCC(=Cc1ccc(OC)c(F)c1)B1OC(C)(C)C(C)(C)O1. The molecule has 1 N–H and O–H groups in total. The van der Waals surface area contributed by atoms with Crippen LogP contribution in [0.2, 0.25) is 0 Å². The van der Waals surface area contributed by atoms with Gasteiger partial charge in [0.25, 0.3) is 0 Å². The van der Waals surface area contributed by atoms with E-state index in [1.807, 2.05) is 46.9 Å². The number of methoxy groups -OCH3 is 1. The molecule has 2 rings (SSSR count). The van der Waals surface area contributed by atoms with Crippen molar-refractivity contribution in [2.45, 2.75) is 38.9 Å². The normalized spacial score (nSPS) is 20.0. The van der Waals surface area contributed by atoms with Crippen LogP contribution in [-0.2, 0) is 9.31 Å². The summed E-state index contributed by atoms with van der Waals surface area (Å²) in [5.41, 5.74) is 0.838. The van der Waals surface area contributed by atoms with Crippen LogP contribution in [-0.4, -0.2) is 39.0 Å². The molecule has 1 fully saturated rings. The van der Waals surface area contributed by atoms with Crippen molar-refractivity contribution in [3.63, 3.8) is 0 Å². The van der Waals surface area contributed by atoms with Crippen molar-refractivity contribution in [3.05, 3.63) is 35.1 Å². The lowest BCUT2D eigenvalue weighted by Gasteiger charge is -2.32. The fraction of sp³-hybridized carbons (Fsp3) is 0.529. The van der Waals surface area contributed by atoms with Gasteiger partial charge < -0.3 is 19.4 Å². The van der Waals surface area contributed by atoms with Crippen LogP contribution in [0, 0.1) is 5.82 Å². The van der Waals surface area contributed by atoms with Crippen LogP contribution in [0.15, 0.2) is 23.7 Å². The molecule has 1 aromatic carbocycles. The molecule has 6 heteroatoms. The molecule has 0 spiro atoms. The van der Waals surface area contributed by atoms with E-state index in [2.05, 4.69) is 5.32 Å².